The van der Waals surface area contributed by atoms with Crippen molar-refractivity contribution in [1.82, 2.24) is 20.6 Å². The van der Waals surface area contributed by atoms with Crippen molar-refractivity contribution in [2.75, 3.05) is 6.54 Å². The zero-order valence-electron chi connectivity index (χ0n) is 20.4. The van der Waals surface area contributed by atoms with Gasteiger partial charge in [-0.1, -0.05) is 47.9 Å². The zero-order valence-corrected chi connectivity index (χ0v) is 20.4. The Hall–Kier alpha value is -5.14. The Morgan fingerprint density at radius 1 is 1.05 bits per heavy atom. The minimum absolute atomic E-state index is 0.0732. The number of urea groups is 1. The van der Waals surface area contributed by atoms with E-state index < -0.39 is 28.9 Å². The van der Waals surface area contributed by atoms with E-state index in [4.69, 9.17) is 17.2 Å². The molecule has 9 N–H and O–H groups in total. The lowest BCUT2D eigenvalue weighted by atomic mass is 10.0. The minimum Gasteiger partial charge on any atom is -0.368 e. The van der Waals surface area contributed by atoms with E-state index in [2.05, 4.69) is 15.3 Å². The Morgan fingerprint density at radius 3 is 2.39 bits per heavy atom. The molecule has 0 unspecified atom stereocenters. The van der Waals surface area contributed by atoms with Gasteiger partial charge in [0.1, 0.15) is 6.04 Å². The highest BCUT2D eigenvalue weighted by Gasteiger charge is 2.30. The van der Waals surface area contributed by atoms with E-state index in [1.807, 2.05) is 18.2 Å². The highest BCUT2D eigenvalue weighted by atomic mass is 16.7. The van der Waals surface area contributed by atoms with Gasteiger partial charge in [0, 0.05) is 36.7 Å². The van der Waals surface area contributed by atoms with Crippen LogP contribution in [0.3, 0.4) is 0 Å². The summed E-state index contributed by atoms with van der Waals surface area (Å²) in [6.45, 7) is 0.392. The number of nitrogens with zero attached hydrogens (tertiary/aromatic N) is 3. The van der Waals surface area contributed by atoms with Gasteiger partial charge in [-0.25, -0.2) is 19.9 Å². The van der Waals surface area contributed by atoms with Crippen LogP contribution < -0.4 is 27.9 Å². The average molecular weight is 524 g/mol. The summed E-state index contributed by atoms with van der Waals surface area (Å²) in [6, 6.07) is 12.8. The first-order chi connectivity index (χ1) is 18.2. The summed E-state index contributed by atoms with van der Waals surface area (Å²) in [4.78, 5) is 56.1. The van der Waals surface area contributed by atoms with Gasteiger partial charge in [-0.05, 0) is 30.0 Å². The van der Waals surface area contributed by atoms with Gasteiger partial charge in [-0.3, -0.25) is 9.59 Å². The number of amides is 4. The van der Waals surface area contributed by atoms with Gasteiger partial charge in [-0.2, -0.15) is 0 Å². The number of nitrogens with one attached hydrogen (secondary N) is 3. The molecule has 0 saturated heterocycles. The second-order valence-electron chi connectivity index (χ2n) is 8.41. The molecular formula is C24H29N9O5. The van der Waals surface area contributed by atoms with Crippen LogP contribution in [0.1, 0.15) is 34.3 Å². The van der Waals surface area contributed by atoms with Crippen LogP contribution in [0.25, 0.3) is 10.9 Å². The quantitative estimate of drug-likeness (QED) is 0.0654. The van der Waals surface area contributed by atoms with Crippen LogP contribution in [0.2, 0.25) is 0 Å². The number of rotatable bonds is 12. The van der Waals surface area contributed by atoms with Crippen molar-refractivity contribution >= 4 is 34.7 Å². The number of carbonyl (C=O) groups excluding carboxylic acids is 3. The topological polar surface area (TPSA) is 228 Å². The standard InChI is InChI=1S/C24H29N9O5/c25-21(34)20(6-3-11-28-23(26)31-33(37)38)32(14-16-9-7-15(8-10-16)12-30-24(27)36)22(35)18-13-29-19-5-2-1-4-17(18)19/h1-2,4-5,7-10,13,20,29H,3,6,11-12,14H2,(H2,25,34)(H3,26,28,31)(H3,27,30,36)/t20-/m1/s1. The molecule has 2 aromatic carbocycles. The van der Waals surface area contributed by atoms with Crippen molar-refractivity contribution in [1.29, 1.82) is 0 Å². The smallest absolute Gasteiger partial charge is 0.312 e. The molecule has 200 valence electrons. The van der Waals surface area contributed by atoms with Gasteiger partial charge in [0.25, 0.3) is 11.9 Å². The monoisotopic (exact) mass is 523 g/mol. The van der Waals surface area contributed by atoms with Crippen LogP contribution in [-0.2, 0) is 17.9 Å². The van der Waals surface area contributed by atoms with Crippen LogP contribution in [0.4, 0.5) is 4.79 Å². The predicted molar refractivity (Wildman–Crippen MR) is 140 cm³/mol. The highest BCUT2D eigenvalue weighted by molar-refractivity contribution is 6.07. The number of aromatic amines is 1. The van der Waals surface area contributed by atoms with E-state index in [1.165, 1.54) is 4.90 Å². The van der Waals surface area contributed by atoms with Gasteiger partial charge >= 0.3 is 6.03 Å². The molecule has 1 atom stereocenters. The maximum Gasteiger partial charge on any atom is 0.312 e. The highest BCUT2D eigenvalue weighted by Crippen LogP contribution is 2.23. The third-order valence-electron chi connectivity index (χ3n) is 5.75. The van der Waals surface area contributed by atoms with Crippen molar-refractivity contribution < 1.29 is 19.4 Å². The number of hydrogen-bond donors (Lipinski definition) is 6. The van der Waals surface area contributed by atoms with Gasteiger partial charge in [0.15, 0.2) is 5.03 Å². The van der Waals surface area contributed by atoms with E-state index in [-0.39, 0.29) is 38.4 Å². The lowest BCUT2D eigenvalue weighted by Gasteiger charge is -2.30. The number of hydrogen-bond acceptors (Lipinski definition) is 6. The van der Waals surface area contributed by atoms with Crippen LogP contribution in [0.15, 0.2) is 59.7 Å². The molecule has 0 aliphatic rings. The Kier molecular flexibility index (Phi) is 9.18. The molecule has 14 nitrogen and oxygen atoms in total. The first-order valence-corrected chi connectivity index (χ1v) is 11.6. The predicted octanol–water partition coefficient (Wildman–Crippen LogP) is 0.709. The number of primary amides is 2. The summed E-state index contributed by atoms with van der Waals surface area (Å²) < 4.78 is 0. The summed E-state index contributed by atoms with van der Waals surface area (Å²) in [6.07, 6.45) is 2.02. The molecule has 1 aromatic heterocycles. The van der Waals surface area contributed by atoms with Crippen molar-refractivity contribution in [3.8, 4) is 0 Å². The fraction of sp³-hybridized carbons (Fsp3) is 0.250. The maximum atomic E-state index is 13.8. The molecule has 0 spiro atoms. The van der Waals surface area contributed by atoms with Crippen LogP contribution in [0, 0.1) is 10.1 Å². The summed E-state index contributed by atoms with van der Waals surface area (Å²) in [5.41, 5.74) is 20.7. The van der Waals surface area contributed by atoms with E-state index in [1.54, 1.807) is 42.0 Å². The lowest BCUT2D eigenvalue weighted by molar-refractivity contribution is -0.525. The van der Waals surface area contributed by atoms with Gasteiger partial charge < -0.3 is 32.4 Å². The van der Waals surface area contributed by atoms with Gasteiger partial charge in [-0.15, -0.1) is 0 Å². The Bertz CT molecular complexity index is 1340. The number of hydrazine groups is 1. The van der Waals surface area contributed by atoms with E-state index in [0.29, 0.717) is 10.9 Å². The summed E-state index contributed by atoms with van der Waals surface area (Å²) in [7, 11) is 0. The lowest BCUT2D eigenvalue weighted by Crippen LogP contribution is -2.47. The molecule has 0 aliphatic carbocycles. The third-order valence-corrected chi connectivity index (χ3v) is 5.75. The molecule has 0 radical (unpaired) electrons. The maximum absolute atomic E-state index is 13.8. The van der Waals surface area contributed by atoms with Crippen molar-refractivity contribution in [2.24, 2.45) is 22.2 Å². The Labute approximate surface area is 217 Å². The third kappa shape index (κ3) is 7.43. The number of H-pyrrole nitrogens is 1. The molecule has 38 heavy (non-hydrogen) atoms. The second kappa shape index (κ2) is 12.7. The molecule has 0 aliphatic heterocycles. The van der Waals surface area contributed by atoms with Gasteiger partial charge in [0.05, 0.1) is 5.56 Å². The zero-order chi connectivity index (χ0) is 27.7. The molecule has 4 amide bonds. The fourth-order valence-corrected chi connectivity index (χ4v) is 3.94. The number of fused-ring (bicyclic) bond motifs is 1. The molecular weight excluding hydrogens is 494 g/mol. The average Bonchev–Trinajstić information content (AvgIpc) is 3.30. The molecule has 3 aromatic rings. The summed E-state index contributed by atoms with van der Waals surface area (Å²) in [5.74, 6) is -1.48. The number of benzene rings is 2. The number of nitrogens with two attached hydrogens (primary N) is 3. The number of aliphatic imine (C=N–C) groups is 1. The Morgan fingerprint density at radius 2 is 1.74 bits per heavy atom. The van der Waals surface area contributed by atoms with Crippen LogP contribution >= 0.6 is 0 Å². The van der Waals surface area contributed by atoms with E-state index in [0.717, 1.165) is 16.6 Å². The number of guanidine groups is 1. The van der Waals surface area contributed by atoms with Crippen LogP contribution in [0.5, 0.6) is 0 Å². The largest absolute Gasteiger partial charge is 0.368 e. The summed E-state index contributed by atoms with van der Waals surface area (Å²) in [5, 5.41) is 12.8. The van der Waals surface area contributed by atoms with Crippen molar-refractivity contribution in [3.63, 3.8) is 0 Å². The number of aromatic nitrogens is 1. The van der Waals surface area contributed by atoms with Crippen LogP contribution in [-0.4, -0.2) is 51.3 Å². The molecule has 14 heteroatoms. The van der Waals surface area contributed by atoms with E-state index in [9.17, 15) is 24.5 Å². The first kappa shape index (κ1) is 27.4. The van der Waals surface area contributed by atoms with E-state index >= 15 is 0 Å². The van der Waals surface area contributed by atoms with Crippen molar-refractivity contribution in [2.45, 2.75) is 32.0 Å². The minimum atomic E-state index is -0.993. The number of carbonyl (C=O) groups is 3. The van der Waals surface area contributed by atoms with Gasteiger partial charge in [0.2, 0.25) is 5.91 Å². The molecule has 0 saturated carbocycles. The molecule has 1 heterocycles. The number of nitro groups is 1. The molecule has 0 bridgehead atoms. The normalized spacial score (nSPS) is 12.1. The fourth-order valence-electron chi connectivity index (χ4n) is 3.94. The SMILES string of the molecule is NC(=O)NCc1ccc(CN(C(=O)c2c[nH]c3ccccc23)[C@H](CCCN=C(N)N[N+](=O)[O-])C(N)=O)cc1. The summed E-state index contributed by atoms with van der Waals surface area (Å²) >= 11 is 0. The first-order valence-electron chi connectivity index (χ1n) is 11.6. The Balaban J connectivity index is 1.85. The number of para-hydroxylation sites is 1. The second-order valence-corrected chi connectivity index (χ2v) is 8.41. The molecule has 0 fully saturated rings. The van der Waals surface area contributed by atoms with Crippen molar-refractivity contribution in [3.05, 3.63) is 81.5 Å². The molecule has 3 rings (SSSR count).